The number of nitrogens with one attached hydrogen (secondary N) is 1. The number of non-ortho nitro benzene ring substituents is 1. The maximum Gasteiger partial charge on any atom is 0.271 e. The van der Waals surface area contributed by atoms with E-state index in [1.807, 2.05) is 18.2 Å². The predicted octanol–water partition coefficient (Wildman–Crippen LogP) is 4.60. The maximum absolute atomic E-state index is 10.8. The molecule has 32 heavy (non-hydrogen) atoms. The number of piperazine rings is 3. The molecule has 0 radical (unpaired) electrons. The van der Waals surface area contributed by atoms with E-state index in [1.165, 1.54) is 68.5 Å². The molecule has 5 rings (SSSR count). The number of hydrogen-bond donors (Lipinski definition) is 1. The highest BCUT2D eigenvalue weighted by Crippen LogP contribution is 2.32. The number of benzene rings is 2. The average molecular weight is 478 g/mol. The SMILES string of the molecule is O=[N+]([O-])c1ccc(N=Nc2ccc(CCNCC[N+]34CCN(CC3)CC4)cc2Cl)c(Cl)c1. The largest absolute Gasteiger partial charge is 0.319 e. The van der Waals surface area contributed by atoms with Crippen LogP contribution in [-0.4, -0.2) is 73.2 Å². The Bertz CT molecular complexity index is 994. The Labute approximate surface area is 197 Å². The van der Waals surface area contributed by atoms with Gasteiger partial charge in [-0.05, 0) is 36.7 Å². The van der Waals surface area contributed by atoms with E-state index < -0.39 is 4.92 Å². The van der Waals surface area contributed by atoms with E-state index in [0.29, 0.717) is 16.4 Å². The Morgan fingerprint density at radius 1 is 0.969 bits per heavy atom. The zero-order valence-electron chi connectivity index (χ0n) is 17.8. The van der Waals surface area contributed by atoms with Crippen LogP contribution in [0.3, 0.4) is 0 Å². The lowest BCUT2D eigenvalue weighted by atomic mass is 10.1. The second kappa shape index (κ2) is 10.2. The fourth-order valence-corrected chi connectivity index (χ4v) is 4.78. The summed E-state index contributed by atoms with van der Waals surface area (Å²) in [6, 6.07) is 9.78. The molecular formula is C22H27Cl2N6O2+. The van der Waals surface area contributed by atoms with Crippen molar-refractivity contribution < 1.29 is 9.41 Å². The summed E-state index contributed by atoms with van der Waals surface area (Å²) in [4.78, 5) is 12.9. The molecule has 0 atom stereocenters. The monoisotopic (exact) mass is 477 g/mol. The molecule has 170 valence electrons. The number of fused-ring (bicyclic) bond motifs is 3. The maximum atomic E-state index is 10.8. The summed E-state index contributed by atoms with van der Waals surface area (Å²) in [5.41, 5.74) is 1.92. The number of hydrogen-bond acceptors (Lipinski definition) is 6. The number of nitro groups is 1. The van der Waals surface area contributed by atoms with Crippen molar-refractivity contribution >= 4 is 40.3 Å². The van der Waals surface area contributed by atoms with Crippen molar-refractivity contribution in [3.63, 3.8) is 0 Å². The molecule has 0 saturated carbocycles. The highest BCUT2D eigenvalue weighted by molar-refractivity contribution is 6.33. The number of rotatable bonds is 9. The summed E-state index contributed by atoms with van der Waals surface area (Å²) in [5, 5.41) is 23.3. The van der Waals surface area contributed by atoms with Crippen LogP contribution in [0, 0.1) is 10.1 Å². The molecule has 2 bridgehead atoms. The topological polar surface area (TPSA) is 83.1 Å². The summed E-state index contributed by atoms with van der Waals surface area (Å²) in [6.45, 7) is 10.8. The second-order valence-corrected chi connectivity index (χ2v) is 9.27. The average Bonchev–Trinajstić information content (AvgIpc) is 2.80. The van der Waals surface area contributed by atoms with Crippen LogP contribution in [0.2, 0.25) is 10.0 Å². The van der Waals surface area contributed by atoms with Gasteiger partial charge in [-0.15, -0.1) is 10.2 Å². The number of nitrogens with zero attached hydrogens (tertiary/aromatic N) is 5. The molecule has 2 aromatic carbocycles. The van der Waals surface area contributed by atoms with Gasteiger partial charge in [0.05, 0.1) is 41.1 Å². The third kappa shape index (κ3) is 5.63. The summed E-state index contributed by atoms with van der Waals surface area (Å²) in [5.74, 6) is 0. The fraction of sp³-hybridized carbons (Fsp3) is 0.455. The van der Waals surface area contributed by atoms with Crippen molar-refractivity contribution in [1.29, 1.82) is 0 Å². The minimum absolute atomic E-state index is 0.0901. The van der Waals surface area contributed by atoms with Crippen molar-refractivity contribution in [2.24, 2.45) is 10.2 Å². The highest BCUT2D eigenvalue weighted by atomic mass is 35.5. The van der Waals surface area contributed by atoms with Crippen molar-refractivity contribution in [2.75, 3.05) is 58.9 Å². The van der Waals surface area contributed by atoms with E-state index in [-0.39, 0.29) is 10.7 Å². The smallest absolute Gasteiger partial charge is 0.271 e. The number of nitro benzene ring substituents is 1. The summed E-state index contributed by atoms with van der Waals surface area (Å²) in [6.07, 6.45) is 0.888. The van der Waals surface area contributed by atoms with Gasteiger partial charge in [0, 0.05) is 38.3 Å². The van der Waals surface area contributed by atoms with E-state index >= 15 is 0 Å². The molecule has 0 amide bonds. The molecule has 8 nitrogen and oxygen atoms in total. The van der Waals surface area contributed by atoms with Crippen molar-refractivity contribution in [3.05, 3.63) is 62.1 Å². The Morgan fingerprint density at radius 3 is 2.19 bits per heavy atom. The molecule has 1 N–H and O–H groups in total. The quantitative estimate of drug-likeness (QED) is 0.188. The van der Waals surface area contributed by atoms with Crippen molar-refractivity contribution in [3.8, 4) is 0 Å². The molecule has 0 unspecified atom stereocenters. The van der Waals surface area contributed by atoms with Crippen LogP contribution in [-0.2, 0) is 6.42 Å². The van der Waals surface area contributed by atoms with Gasteiger partial charge >= 0.3 is 0 Å². The lowest BCUT2D eigenvalue weighted by molar-refractivity contribution is -0.939. The first kappa shape index (κ1) is 23.1. The molecule has 0 aromatic heterocycles. The van der Waals surface area contributed by atoms with Gasteiger partial charge in [0.1, 0.15) is 11.4 Å². The first-order chi connectivity index (χ1) is 15.4. The molecule has 0 aliphatic carbocycles. The van der Waals surface area contributed by atoms with E-state index in [0.717, 1.165) is 25.1 Å². The predicted molar refractivity (Wildman–Crippen MR) is 126 cm³/mol. The molecule has 3 heterocycles. The van der Waals surface area contributed by atoms with Gasteiger partial charge in [0.2, 0.25) is 0 Å². The third-order valence-electron chi connectivity index (χ3n) is 6.44. The Morgan fingerprint density at radius 2 is 1.59 bits per heavy atom. The fourth-order valence-electron chi connectivity index (χ4n) is 4.33. The van der Waals surface area contributed by atoms with Gasteiger partial charge in [-0.1, -0.05) is 29.3 Å². The molecular weight excluding hydrogens is 451 g/mol. The van der Waals surface area contributed by atoms with Crippen molar-refractivity contribution in [1.82, 2.24) is 10.2 Å². The summed E-state index contributed by atoms with van der Waals surface area (Å²) >= 11 is 12.4. The molecule has 3 saturated heterocycles. The number of halogens is 2. The molecule has 0 spiro atoms. The van der Waals surface area contributed by atoms with Gasteiger partial charge < -0.3 is 9.80 Å². The van der Waals surface area contributed by atoms with Gasteiger partial charge in [-0.25, -0.2) is 0 Å². The van der Waals surface area contributed by atoms with Gasteiger partial charge in [0.25, 0.3) is 5.69 Å². The Kier molecular flexibility index (Phi) is 7.37. The Hall–Kier alpha value is -2.10. The van der Waals surface area contributed by atoms with E-state index in [9.17, 15) is 10.1 Å². The molecule has 3 aliphatic rings. The van der Waals surface area contributed by atoms with Crippen LogP contribution in [0.5, 0.6) is 0 Å². The van der Waals surface area contributed by atoms with Gasteiger partial charge in [0.15, 0.2) is 0 Å². The molecule has 3 aliphatic heterocycles. The zero-order valence-corrected chi connectivity index (χ0v) is 19.4. The minimum atomic E-state index is -0.506. The molecule has 10 heteroatoms. The van der Waals surface area contributed by atoms with Gasteiger partial charge in [-0.3, -0.25) is 15.0 Å². The van der Waals surface area contributed by atoms with Crippen LogP contribution in [0.4, 0.5) is 17.1 Å². The highest BCUT2D eigenvalue weighted by Gasteiger charge is 2.37. The van der Waals surface area contributed by atoms with E-state index in [4.69, 9.17) is 23.2 Å². The van der Waals surface area contributed by atoms with Crippen LogP contribution >= 0.6 is 23.2 Å². The lowest BCUT2D eigenvalue weighted by Gasteiger charge is -2.50. The van der Waals surface area contributed by atoms with Crippen LogP contribution in [0.15, 0.2) is 46.6 Å². The first-order valence-corrected chi connectivity index (χ1v) is 11.6. The van der Waals surface area contributed by atoms with Crippen LogP contribution in [0.1, 0.15) is 5.56 Å². The second-order valence-electron chi connectivity index (χ2n) is 8.46. The van der Waals surface area contributed by atoms with E-state index in [1.54, 1.807) is 0 Å². The number of azo groups is 1. The number of quaternary nitrogens is 1. The minimum Gasteiger partial charge on any atom is -0.319 e. The summed E-state index contributed by atoms with van der Waals surface area (Å²) in [7, 11) is 0. The zero-order chi connectivity index (χ0) is 22.6. The normalized spacial score (nSPS) is 22.5. The molecule has 3 fully saturated rings. The third-order valence-corrected chi connectivity index (χ3v) is 7.05. The van der Waals surface area contributed by atoms with Crippen LogP contribution < -0.4 is 5.32 Å². The van der Waals surface area contributed by atoms with Gasteiger partial charge in [-0.2, -0.15) is 0 Å². The van der Waals surface area contributed by atoms with E-state index in [2.05, 4.69) is 20.4 Å². The summed E-state index contributed by atoms with van der Waals surface area (Å²) < 4.78 is 1.27. The van der Waals surface area contributed by atoms with Crippen LogP contribution in [0.25, 0.3) is 0 Å². The molecule has 2 aromatic rings. The standard InChI is InChI=1S/C22H27Cl2N6O2/c23-19-15-17(5-6-25-7-11-30-12-8-28(9-13-30)10-14-30)1-3-21(19)26-27-22-4-2-18(29(31)32)16-20(22)24/h1-4,15-16,25H,5-14H2/q+1. The lowest BCUT2D eigenvalue weighted by Crippen LogP contribution is -2.68. The Balaban J connectivity index is 1.26. The first-order valence-electron chi connectivity index (χ1n) is 10.9. The van der Waals surface area contributed by atoms with Crippen molar-refractivity contribution in [2.45, 2.75) is 6.42 Å².